The van der Waals surface area contributed by atoms with Crippen LogP contribution in [-0.2, 0) is 4.79 Å². The number of carbonyl (C=O) groups is 1. The molecule has 0 fully saturated rings. The summed E-state index contributed by atoms with van der Waals surface area (Å²) < 4.78 is 10.5. The second-order valence-corrected chi connectivity index (χ2v) is 7.10. The predicted molar refractivity (Wildman–Crippen MR) is 113 cm³/mol. The number of likely N-dealkylation sites (N-methyl/N-ethyl adjacent to an activating group) is 1. The van der Waals surface area contributed by atoms with E-state index in [1.165, 1.54) is 0 Å². The van der Waals surface area contributed by atoms with Crippen molar-refractivity contribution < 1.29 is 14.3 Å². The topological polar surface area (TPSA) is 50.8 Å². The van der Waals surface area contributed by atoms with E-state index in [0.717, 1.165) is 35.5 Å². The first kappa shape index (κ1) is 21.8. The van der Waals surface area contributed by atoms with Crippen LogP contribution in [0.25, 0.3) is 0 Å². The maximum absolute atomic E-state index is 12.8. The van der Waals surface area contributed by atoms with Crippen molar-refractivity contribution in [2.75, 3.05) is 27.8 Å². The van der Waals surface area contributed by atoms with Crippen molar-refractivity contribution in [1.29, 1.82) is 0 Å². The van der Waals surface area contributed by atoms with E-state index in [-0.39, 0.29) is 11.9 Å². The van der Waals surface area contributed by atoms with E-state index in [9.17, 15) is 4.79 Å². The normalized spacial score (nSPS) is 12.1. The van der Waals surface area contributed by atoms with Gasteiger partial charge in [-0.1, -0.05) is 37.6 Å². The Labute approximate surface area is 168 Å². The molecule has 2 aromatic rings. The fraction of sp³-hybridized carbons (Fsp3) is 0.435. The van der Waals surface area contributed by atoms with Gasteiger partial charge < -0.3 is 14.8 Å². The number of nitrogens with one attached hydrogen (secondary N) is 1. The van der Waals surface area contributed by atoms with Crippen molar-refractivity contribution in [2.45, 2.75) is 38.8 Å². The number of methoxy groups -OCH3 is 2. The van der Waals surface area contributed by atoms with E-state index in [0.29, 0.717) is 12.6 Å². The zero-order valence-electron chi connectivity index (χ0n) is 17.6. The molecule has 2 aromatic carbocycles. The van der Waals surface area contributed by atoms with Gasteiger partial charge >= 0.3 is 0 Å². The van der Waals surface area contributed by atoms with Gasteiger partial charge in [0.25, 0.3) is 0 Å². The highest BCUT2D eigenvalue weighted by atomic mass is 16.5. The van der Waals surface area contributed by atoms with Crippen LogP contribution in [0.3, 0.4) is 0 Å². The number of amides is 1. The standard InChI is InChI=1S/C23H32N2O3/c1-6-7-17(2)25(3)16-22(26)24-23(18-8-12-20(27-4)13-9-18)19-10-14-21(28-5)15-11-19/h8-15,17,23H,6-7,16H2,1-5H3,(H,24,26)/t17-/m0/s1. The lowest BCUT2D eigenvalue weighted by Gasteiger charge is -2.26. The van der Waals surface area contributed by atoms with Crippen molar-refractivity contribution in [2.24, 2.45) is 0 Å². The Bertz CT molecular complexity index is 681. The van der Waals surface area contributed by atoms with Gasteiger partial charge in [0.05, 0.1) is 26.8 Å². The second kappa shape index (κ2) is 10.7. The van der Waals surface area contributed by atoms with Gasteiger partial charge in [0.1, 0.15) is 11.5 Å². The fourth-order valence-electron chi connectivity index (χ4n) is 3.18. The molecule has 0 saturated heterocycles. The number of nitrogens with zero attached hydrogens (tertiary/aromatic N) is 1. The van der Waals surface area contributed by atoms with Crippen molar-refractivity contribution in [3.63, 3.8) is 0 Å². The quantitative estimate of drug-likeness (QED) is 0.672. The van der Waals surface area contributed by atoms with Gasteiger partial charge in [-0.3, -0.25) is 9.69 Å². The average Bonchev–Trinajstić information content (AvgIpc) is 2.72. The van der Waals surface area contributed by atoms with Crippen LogP contribution in [0.15, 0.2) is 48.5 Å². The monoisotopic (exact) mass is 384 g/mol. The molecule has 0 aromatic heterocycles. The Balaban J connectivity index is 2.20. The molecular formula is C23H32N2O3. The minimum Gasteiger partial charge on any atom is -0.497 e. The summed E-state index contributed by atoms with van der Waals surface area (Å²) in [4.78, 5) is 14.9. The van der Waals surface area contributed by atoms with Crippen molar-refractivity contribution >= 4 is 5.91 Å². The summed E-state index contributed by atoms with van der Waals surface area (Å²) in [6, 6.07) is 15.7. The molecule has 28 heavy (non-hydrogen) atoms. The molecule has 5 nitrogen and oxygen atoms in total. The molecule has 0 radical (unpaired) electrons. The lowest BCUT2D eigenvalue weighted by molar-refractivity contribution is -0.122. The predicted octanol–water partition coefficient (Wildman–Crippen LogP) is 4.03. The van der Waals surface area contributed by atoms with Crippen LogP contribution in [0.2, 0.25) is 0 Å². The largest absolute Gasteiger partial charge is 0.497 e. The average molecular weight is 385 g/mol. The van der Waals surface area contributed by atoms with Gasteiger partial charge in [-0.15, -0.1) is 0 Å². The van der Waals surface area contributed by atoms with E-state index >= 15 is 0 Å². The molecule has 1 atom stereocenters. The number of ether oxygens (including phenoxy) is 2. The number of hydrogen-bond acceptors (Lipinski definition) is 4. The molecule has 0 aliphatic carbocycles. The minimum atomic E-state index is -0.237. The van der Waals surface area contributed by atoms with Gasteiger partial charge in [-0.2, -0.15) is 0 Å². The highest BCUT2D eigenvalue weighted by molar-refractivity contribution is 5.79. The first-order valence-electron chi connectivity index (χ1n) is 9.76. The molecule has 1 N–H and O–H groups in total. The van der Waals surface area contributed by atoms with E-state index in [4.69, 9.17) is 9.47 Å². The molecule has 0 aliphatic rings. The third-order valence-corrected chi connectivity index (χ3v) is 5.06. The zero-order chi connectivity index (χ0) is 20.5. The molecule has 0 spiro atoms. The van der Waals surface area contributed by atoms with Crippen LogP contribution in [0.5, 0.6) is 11.5 Å². The number of hydrogen-bond donors (Lipinski definition) is 1. The highest BCUT2D eigenvalue weighted by Gasteiger charge is 2.19. The first-order valence-corrected chi connectivity index (χ1v) is 9.76. The molecule has 0 saturated carbocycles. The lowest BCUT2D eigenvalue weighted by atomic mass is 9.98. The lowest BCUT2D eigenvalue weighted by Crippen LogP contribution is -2.41. The highest BCUT2D eigenvalue weighted by Crippen LogP contribution is 2.26. The Morgan fingerprint density at radius 3 is 1.82 bits per heavy atom. The maximum atomic E-state index is 12.8. The van der Waals surface area contributed by atoms with Crippen molar-refractivity contribution in [1.82, 2.24) is 10.2 Å². The van der Waals surface area contributed by atoms with Crippen LogP contribution in [0.1, 0.15) is 43.9 Å². The van der Waals surface area contributed by atoms with E-state index in [2.05, 4.69) is 24.1 Å². The Morgan fingerprint density at radius 1 is 0.964 bits per heavy atom. The van der Waals surface area contributed by atoms with Gasteiger partial charge in [0.2, 0.25) is 5.91 Å². The second-order valence-electron chi connectivity index (χ2n) is 7.10. The van der Waals surface area contributed by atoms with E-state index in [1.807, 2.05) is 55.6 Å². The molecule has 5 heteroatoms. The molecular weight excluding hydrogens is 352 g/mol. The summed E-state index contributed by atoms with van der Waals surface area (Å²) >= 11 is 0. The Hall–Kier alpha value is -2.53. The maximum Gasteiger partial charge on any atom is 0.234 e. The molecule has 0 bridgehead atoms. The minimum absolute atomic E-state index is 0.00193. The molecule has 1 amide bonds. The molecule has 0 aliphatic heterocycles. The summed E-state index contributed by atoms with van der Waals surface area (Å²) in [5.74, 6) is 1.58. The molecule has 0 unspecified atom stereocenters. The summed E-state index contributed by atoms with van der Waals surface area (Å²) in [5, 5.41) is 3.19. The molecule has 2 rings (SSSR count). The number of rotatable bonds is 10. The summed E-state index contributed by atoms with van der Waals surface area (Å²) in [7, 11) is 5.28. The third-order valence-electron chi connectivity index (χ3n) is 5.06. The van der Waals surface area contributed by atoms with Crippen molar-refractivity contribution in [3.8, 4) is 11.5 Å². The van der Waals surface area contributed by atoms with Crippen LogP contribution in [-0.4, -0.2) is 44.7 Å². The van der Waals surface area contributed by atoms with Gasteiger partial charge in [-0.05, 0) is 55.8 Å². The third kappa shape index (κ3) is 5.99. The smallest absolute Gasteiger partial charge is 0.234 e. The Morgan fingerprint density at radius 2 is 1.43 bits per heavy atom. The van der Waals surface area contributed by atoms with Gasteiger partial charge in [0, 0.05) is 6.04 Å². The molecule has 152 valence electrons. The van der Waals surface area contributed by atoms with E-state index in [1.54, 1.807) is 14.2 Å². The zero-order valence-corrected chi connectivity index (χ0v) is 17.6. The summed E-state index contributed by atoms with van der Waals surface area (Å²) in [5.41, 5.74) is 2.01. The van der Waals surface area contributed by atoms with Gasteiger partial charge in [-0.25, -0.2) is 0 Å². The van der Waals surface area contributed by atoms with E-state index < -0.39 is 0 Å². The SMILES string of the molecule is CCC[C@H](C)N(C)CC(=O)NC(c1ccc(OC)cc1)c1ccc(OC)cc1. The number of benzene rings is 2. The van der Waals surface area contributed by atoms with Gasteiger partial charge in [0.15, 0.2) is 0 Å². The van der Waals surface area contributed by atoms with Crippen LogP contribution in [0, 0.1) is 0 Å². The van der Waals surface area contributed by atoms with Crippen LogP contribution in [0.4, 0.5) is 0 Å². The first-order chi connectivity index (χ1) is 13.5. The number of carbonyl (C=O) groups excluding carboxylic acids is 1. The van der Waals surface area contributed by atoms with Crippen LogP contribution >= 0.6 is 0 Å². The van der Waals surface area contributed by atoms with Crippen LogP contribution < -0.4 is 14.8 Å². The summed E-state index contributed by atoms with van der Waals surface area (Å²) in [6.07, 6.45) is 2.18. The Kier molecular flexibility index (Phi) is 8.33. The summed E-state index contributed by atoms with van der Waals surface area (Å²) in [6.45, 7) is 4.68. The van der Waals surface area contributed by atoms with Crippen molar-refractivity contribution in [3.05, 3.63) is 59.7 Å². The fourth-order valence-corrected chi connectivity index (χ4v) is 3.18. The molecule has 0 heterocycles.